The van der Waals surface area contributed by atoms with Gasteiger partial charge < -0.3 is 21.0 Å². The first-order chi connectivity index (χ1) is 20.7. The zero-order valence-corrected chi connectivity index (χ0v) is 26.3. The van der Waals surface area contributed by atoms with E-state index >= 15 is 0 Å². The summed E-state index contributed by atoms with van der Waals surface area (Å²) in [6, 6.07) is 14.3. The number of allylic oxidation sites excluding steroid dienone is 4. The first kappa shape index (κ1) is 32.1. The van der Waals surface area contributed by atoms with Crippen LogP contribution in [0, 0.1) is 24.7 Å². The van der Waals surface area contributed by atoms with Gasteiger partial charge in [0.1, 0.15) is 12.4 Å². The molecule has 1 heterocycles. The Morgan fingerprint density at radius 1 is 1.12 bits per heavy atom. The number of rotatable bonds is 11. The molecule has 4 N–H and O–H groups in total. The highest BCUT2D eigenvalue weighted by atomic mass is 16.5. The molecular weight excluding hydrogens is 534 g/mol. The number of benzene rings is 1. The van der Waals surface area contributed by atoms with Crippen LogP contribution in [0.4, 0.5) is 5.69 Å². The Morgan fingerprint density at radius 3 is 2.47 bits per heavy atom. The Balaban J connectivity index is 1.57. The van der Waals surface area contributed by atoms with E-state index in [1.807, 2.05) is 56.5 Å². The van der Waals surface area contributed by atoms with Crippen molar-refractivity contribution in [1.82, 2.24) is 4.98 Å². The number of nitrogens with zero attached hydrogens (tertiary/aromatic N) is 3. The first-order valence-corrected chi connectivity index (χ1v) is 15.4. The number of aldehydes is 1. The molecule has 228 valence electrons. The lowest BCUT2D eigenvalue weighted by Crippen LogP contribution is -2.25. The highest BCUT2D eigenvalue weighted by Crippen LogP contribution is 2.36. The van der Waals surface area contributed by atoms with Crippen molar-refractivity contribution in [2.24, 2.45) is 39.2 Å². The van der Waals surface area contributed by atoms with Crippen molar-refractivity contribution in [3.8, 4) is 0 Å². The molecular formula is C36H47N5O2. The molecule has 2 aliphatic rings. The van der Waals surface area contributed by atoms with Gasteiger partial charge >= 0.3 is 0 Å². The number of aryl methyl sites for hydroxylation is 1. The molecule has 0 amide bonds. The van der Waals surface area contributed by atoms with E-state index in [-0.39, 0.29) is 23.9 Å². The molecule has 2 unspecified atom stereocenters. The van der Waals surface area contributed by atoms with Gasteiger partial charge in [-0.2, -0.15) is 0 Å². The maximum Gasteiger partial charge on any atom is 0.123 e. The van der Waals surface area contributed by atoms with Crippen LogP contribution < -0.4 is 11.5 Å². The number of nitrogens with two attached hydrogens (primary N) is 2. The minimum Gasteiger partial charge on any atom is -0.401 e. The van der Waals surface area contributed by atoms with E-state index in [1.54, 1.807) is 7.11 Å². The summed E-state index contributed by atoms with van der Waals surface area (Å²) in [5, 5.41) is 0. The second kappa shape index (κ2) is 15.1. The van der Waals surface area contributed by atoms with E-state index in [2.05, 4.69) is 32.1 Å². The van der Waals surface area contributed by atoms with Crippen molar-refractivity contribution in [3.63, 3.8) is 0 Å². The summed E-state index contributed by atoms with van der Waals surface area (Å²) in [4.78, 5) is 25.9. The lowest BCUT2D eigenvalue weighted by Gasteiger charge is -2.26. The summed E-state index contributed by atoms with van der Waals surface area (Å²) in [6.45, 7) is 8.82. The number of pyridine rings is 1. The fraction of sp³-hybridized carbons (Fsp3) is 0.444. The van der Waals surface area contributed by atoms with Crippen molar-refractivity contribution in [1.29, 1.82) is 0 Å². The van der Waals surface area contributed by atoms with Crippen molar-refractivity contribution in [3.05, 3.63) is 94.1 Å². The van der Waals surface area contributed by atoms with E-state index < -0.39 is 0 Å². The van der Waals surface area contributed by atoms with Gasteiger partial charge in [-0.1, -0.05) is 50.3 Å². The van der Waals surface area contributed by atoms with Crippen LogP contribution in [0.2, 0.25) is 0 Å². The van der Waals surface area contributed by atoms with Crippen molar-refractivity contribution >= 4 is 23.9 Å². The van der Waals surface area contributed by atoms with E-state index in [0.717, 1.165) is 83.6 Å². The molecule has 0 spiro atoms. The minimum absolute atomic E-state index is 0.0999. The third kappa shape index (κ3) is 7.96. The molecule has 7 nitrogen and oxygen atoms in total. The number of carbonyl (C=O) groups is 1. The summed E-state index contributed by atoms with van der Waals surface area (Å²) in [5.41, 5.74) is 21.7. The molecule has 1 saturated carbocycles. The molecule has 0 radical (unpaired) electrons. The van der Waals surface area contributed by atoms with Crippen LogP contribution in [-0.2, 0) is 9.53 Å². The SMILES string of the molecule is COC(CN=CC1=C(N)C=CCC1/C(N)=C(/C(C)=Nc1ccc(C2CCC(C=O)CC2)nc1C)C(C)C)c1ccccc1. The Kier molecular flexibility index (Phi) is 11.2. The second-order valence-corrected chi connectivity index (χ2v) is 12.0. The van der Waals surface area contributed by atoms with Crippen LogP contribution in [0.25, 0.3) is 0 Å². The molecule has 0 aliphatic heterocycles. The summed E-state index contributed by atoms with van der Waals surface area (Å²) < 4.78 is 5.70. The van der Waals surface area contributed by atoms with E-state index in [9.17, 15) is 4.79 Å². The zero-order chi connectivity index (χ0) is 30.9. The average molecular weight is 582 g/mol. The fourth-order valence-corrected chi connectivity index (χ4v) is 6.30. The topological polar surface area (TPSA) is 116 Å². The van der Waals surface area contributed by atoms with Gasteiger partial charge in [-0.05, 0) is 81.2 Å². The second-order valence-electron chi connectivity index (χ2n) is 12.0. The van der Waals surface area contributed by atoms with Gasteiger partial charge in [0.05, 0.1) is 17.9 Å². The molecule has 7 heteroatoms. The number of ether oxygens (including phenoxy) is 1. The highest BCUT2D eigenvalue weighted by Gasteiger charge is 2.26. The van der Waals surface area contributed by atoms with Gasteiger partial charge in [-0.3, -0.25) is 15.0 Å². The van der Waals surface area contributed by atoms with Gasteiger partial charge in [0, 0.05) is 59.5 Å². The maximum atomic E-state index is 11.2. The van der Waals surface area contributed by atoms with E-state index in [1.165, 1.54) is 0 Å². The standard InChI is InChI=1S/C36H47N5O2/c1-23(2)35(25(4)41-32-18-19-33(40-24(32)3)27-16-14-26(22-42)15-17-27)36(38)29-12-9-13-31(37)30(29)20-39-21-34(43-5)28-10-7-6-8-11-28/h6-11,13,18-20,22-23,26-27,29,34H,12,14-17,21,37-38H2,1-5H3/b36-35-,39-20?,41-25?. The van der Waals surface area contributed by atoms with Gasteiger partial charge in [0.25, 0.3) is 0 Å². The molecule has 0 saturated heterocycles. The average Bonchev–Trinajstić information content (AvgIpc) is 3.01. The first-order valence-electron chi connectivity index (χ1n) is 15.4. The van der Waals surface area contributed by atoms with Crippen LogP contribution in [0.5, 0.6) is 0 Å². The number of methoxy groups -OCH3 is 1. The van der Waals surface area contributed by atoms with Gasteiger partial charge in [0.2, 0.25) is 0 Å². The van der Waals surface area contributed by atoms with Gasteiger partial charge in [-0.15, -0.1) is 0 Å². The predicted octanol–water partition coefficient (Wildman–Crippen LogP) is 7.07. The van der Waals surface area contributed by atoms with Crippen LogP contribution in [0.1, 0.15) is 81.8 Å². The molecule has 1 aromatic heterocycles. The Bertz CT molecular complexity index is 1410. The fourth-order valence-electron chi connectivity index (χ4n) is 6.30. The smallest absolute Gasteiger partial charge is 0.123 e. The molecule has 2 aromatic rings. The monoisotopic (exact) mass is 581 g/mol. The number of carbonyl (C=O) groups excluding carboxylic acids is 1. The summed E-state index contributed by atoms with van der Waals surface area (Å²) >= 11 is 0. The van der Waals surface area contributed by atoms with E-state index in [0.29, 0.717) is 18.2 Å². The van der Waals surface area contributed by atoms with Crippen molar-refractivity contribution < 1.29 is 9.53 Å². The summed E-state index contributed by atoms with van der Waals surface area (Å²) in [7, 11) is 1.70. The molecule has 1 fully saturated rings. The van der Waals surface area contributed by atoms with Crippen LogP contribution in [0.15, 0.2) is 87.1 Å². The highest BCUT2D eigenvalue weighted by molar-refractivity contribution is 6.01. The lowest BCUT2D eigenvalue weighted by molar-refractivity contribution is -0.111. The third-order valence-corrected chi connectivity index (χ3v) is 8.74. The van der Waals surface area contributed by atoms with Gasteiger partial charge in [-0.25, -0.2) is 0 Å². The molecule has 1 aromatic carbocycles. The lowest BCUT2D eigenvalue weighted by atomic mass is 9.81. The van der Waals surface area contributed by atoms with Crippen LogP contribution >= 0.6 is 0 Å². The molecule has 2 atom stereocenters. The number of hydrogen-bond donors (Lipinski definition) is 2. The minimum atomic E-state index is -0.139. The van der Waals surface area contributed by atoms with Crippen LogP contribution in [-0.4, -0.2) is 36.9 Å². The number of aromatic nitrogens is 1. The number of hydrogen-bond acceptors (Lipinski definition) is 7. The molecule has 43 heavy (non-hydrogen) atoms. The third-order valence-electron chi connectivity index (χ3n) is 8.74. The Hall–Kier alpha value is -3.84. The molecule has 0 bridgehead atoms. The molecule has 4 rings (SSSR count). The van der Waals surface area contributed by atoms with Crippen LogP contribution in [0.3, 0.4) is 0 Å². The Morgan fingerprint density at radius 2 is 1.84 bits per heavy atom. The Labute approximate surface area is 256 Å². The van der Waals surface area contributed by atoms with Crippen molar-refractivity contribution in [2.75, 3.05) is 13.7 Å². The van der Waals surface area contributed by atoms with Crippen molar-refractivity contribution in [2.45, 2.75) is 71.8 Å². The normalized spacial score (nSPS) is 22.7. The summed E-state index contributed by atoms with van der Waals surface area (Å²) in [5.74, 6) is 0.658. The molecule has 2 aliphatic carbocycles. The zero-order valence-electron chi connectivity index (χ0n) is 26.3. The maximum absolute atomic E-state index is 11.2. The number of aliphatic imine (C=N–C) groups is 2. The predicted molar refractivity (Wildman–Crippen MR) is 177 cm³/mol. The van der Waals surface area contributed by atoms with Gasteiger partial charge in [0.15, 0.2) is 0 Å². The largest absolute Gasteiger partial charge is 0.401 e. The van der Waals surface area contributed by atoms with E-state index in [4.69, 9.17) is 31.2 Å². The quantitative estimate of drug-likeness (QED) is 0.217. The summed E-state index contributed by atoms with van der Waals surface area (Å²) in [6.07, 6.45) is 11.5.